The summed E-state index contributed by atoms with van der Waals surface area (Å²) in [6.07, 6.45) is -0.992. The normalized spacial score (nSPS) is 13.7. The maximum atomic E-state index is 11.5. The number of hydrogen-bond donors (Lipinski definition) is 2. The van der Waals surface area contributed by atoms with Crippen molar-refractivity contribution in [2.24, 2.45) is 0 Å². The molecule has 0 saturated carbocycles. The van der Waals surface area contributed by atoms with Gasteiger partial charge in [-0.2, -0.15) is 0 Å². The second-order valence-corrected chi connectivity index (χ2v) is 3.85. The van der Waals surface area contributed by atoms with Crippen LogP contribution in [0, 0.1) is 0 Å². The minimum atomic E-state index is -0.992. The molecule has 0 radical (unpaired) electrons. The third-order valence-electron chi connectivity index (χ3n) is 2.65. The van der Waals surface area contributed by atoms with Crippen LogP contribution in [0.3, 0.4) is 0 Å². The molecule has 0 unspecified atom stereocenters. The molecule has 1 rings (SSSR count). The Labute approximate surface area is 112 Å². The first-order valence-electron chi connectivity index (χ1n) is 5.79. The molecule has 0 bridgehead atoms. The highest BCUT2D eigenvalue weighted by atomic mass is 16.7. The second-order valence-electron chi connectivity index (χ2n) is 3.85. The number of aliphatic hydroxyl groups excluding tert-OH is 1. The van der Waals surface area contributed by atoms with Gasteiger partial charge in [-0.1, -0.05) is 12.1 Å². The van der Waals surface area contributed by atoms with E-state index in [1.165, 1.54) is 14.2 Å². The van der Waals surface area contributed by atoms with Crippen molar-refractivity contribution in [3.8, 4) is 5.75 Å². The summed E-state index contributed by atoms with van der Waals surface area (Å²) in [4.78, 5) is 11.5. The zero-order valence-corrected chi connectivity index (χ0v) is 11.3. The Kier molecular flexibility index (Phi) is 6.27. The Morgan fingerprint density at radius 2 is 1.95 bits per heavy atom. The number of nitrogens with one attached hydrogen (secondary N) is 1. The number of ether oxygens (including phenoxy) is 3. The summed E-state index contributed by atoms with van der Waals surface area (Å²) in [7, 11) is 4.40. The molecular formula is C13H19NO5. The summed E-state index contributed by atoms with van der Waals surface area (Å²) in [5.74, 6) is 0.103. The second kappa shape index (κ2) is 7.73. The quantitative estimate of drug-likeness (QED) is 0.553. The Balaban J connectivity index is 2.75. The van der Waals surface area contributed by atoms with Gasteiger partial charge in [0, 0.05) is 7.11 Å². The average Bonchev–Trinajstić information content (AvgIpc) is 2.46. The van der Waals surface area contributed by atoms with Crippen LogP contribution in [-0.2, 0) is 14.3 Å². The van der Waals surface area contributed by atoms with E-state index >= 15 is 0 Å². The van der Waals surface area contributed by atoms with Gasteiger partial charge < -0.3 is 24.6 Å². The van der Waals surface area contributed by atoms with Gasteiger partial charge in [0.05, 0.1) is 7.11 Å². The third-order valence-corrected chi connectivity index (χ3v) is 2.65. The van der Waals surface area contributed by atoms with Gasteiger partial charge in [0.25, 0.3) is 0 Å². The lowest BCUT2D eigenvalue weighted by Gasteiger charge is -2.20. The van der Waals surface area contributed by atoms with Gasteiger partial charge in [-0.05, 0) is 24.7 Å². The zero-order valence-electron chi connectivity index (χ0n) is 11.3. The molecule has 0 spiro atoms. The standard InChI is InChI=1S/C13H19NO5/c1-14-11(13(16)18-3)12(15)9-4-6-10(7-5-9)19-8-17-2/h4-7,11-12,14-15H,8H2,1-3H3/t11-,12-/m1/s1. The fourth-order valence-corrected chi connectivity index (χ4v) is 1.61. The highest BCUT2D eigenvalue weighted by molar-refractivity contribution is 5.76. The molecule has 0 aliphatic carbocycles. The van der Waals surface area contributed by atoms with Gasteiger partial charge in [-0.25, -0.2) is 0 Å². The number of esters is 1. The van der Waals surface area contributed by atoms with Crippen molar-refractivity contribution < 1.29 is 24.1 Å². The van der Waals surface area contributed by atoms with E-state index in [-0.39, 0.29) is 6.79 Å². The SMILES string of the molecule is CN[C@@H](C(=O)OC)[C@H](O)c1ccc(OCOC)cc1. The van der Waals surface area contributed by atoms with Crippen LogP contribution in [0.5, 0.6) is 5.75 Å². The van der Waals surface area contributed by atoms with Gasteiger partial charge in [0.15, 0.2) is 6.79 Å². The Hall–Kier alpha value is -1.63. The molecule has 2 N–H and O–H groups in total. The van der Waals surface area contributed by atoms with Crippen LogP contribution < -0.4 is 10.1 Å². The number of hydrogen-bond acceptors (Lipinski definition) is 6. The molecule has 0 aliphatic heterocycles. The maximum Gasteiger partial charge on any atom is 0.325 e. The van der Waals surface area contributed by atoms with Crippen LogP contribution in [0.15, 0.2) is 24.3 Å². The Morgan fingerprint density at radius 1 is 1.32 bits per heavy atom. The molecule has 0 saturated heterocycles. The molecule has 0 aliphatic rings. The molecule has 6 nitrogen and oxygen atoms in total. The lowest BCUT2D eigenvalue weighted by molar-refractivity contribution is -0.146. The van der Waals surface area contributed by atoms with E-state index in [9.17, 15) is 9.90 Å². The molecule has 1 aromatic rings. The number of aliphatic hydroxyl groups is 1. The molecule has 0 heterocycles. The molecular weight excluding hydrogens is 250 g/mol. The van der Waals surface area contributed by atoms with Gasteiger partial charge in [0.2, 0.25) is 0 Å². The number of carbonyl (C=O) groups excluding carboxylic acids is 1. The van der Waals surface area contributed by atoms with E-state index in [0.717, 1.165) is 0 Å². The zero-order chi connectivity index (χ0) is 14.3. The van der Waals surface area contributed by atoms with Crippen molar-refractivity contribution in [1.29, 1.82) is 0 Å². The lowest BCUT2D eigenvalue weighted by atomic mass is 10.0. The summed E-state index contributed by atoms with van der Waals surface area (Å²) >= 11 is 0. The van der Waals surface area contributed by atoms with E-state index in [1.807, 2.05) is 0 Å². The van der Waals surface area contributed by atoms with Crippen molar-refractivity contribution in [3.05, 3.63) is 29.8 Å². The van der Waals surface area contributed by atoms with Crippen molar-refractivity contribution in [1.82, 2.24) is 5.32 Å². The molecule has 6 heteroatoms. The molecule has 0 amide bonds. The largest absolute Gasteiger partial charge is 0.468 e. The lowest BCUT2D eigenvalue weighted by Crippen LogP contribution is -2.40. The number of benzene rings is 1. The average molecular weight is 269 g/mol. The molecule has 0 fully saturated rings. The molecule has 1 aromatic carbocycles. The highest BCUT2D eigenvalue weighted by Gasteiger charge is 2.27. The van der Waals surface area contributed by atoms with E-state index in [1.54, 1.807) is 31.3 Å². The molecule has 2 atom stereocenters. The molecule has 19 heavy (non-hydrogen) atoms. The third kappa shape index (κ3) is 4.20. The van der Waals surface area contributed by atoms with Crippen molar-refractivity contribution in [3.63, 3.8) is 0 Å². The highest BCUT2D eigenvalue weighted by Crippen LogP contribution is 2.21. The first kappa shape index (κ1) is 15.4. The van der Waals surface area contributed by atoms with Crippen LogP contribution in [-0.4, -0.2) is 45.2 Å². The minimum absolute atomic E-state index is 0.156. The topological polar surface area (TPSA) is 77.0 Å². The first-order chi connectivity index (χ1) is 9.13. The summed E-state index contributed by atoms with van der Waals surface area (Å²) in [6.45, 7) is 0.156. The smallest absolute Gasteiger partial charge is 0.325 e. The number of methoxy groups -OCH3 is 2. The van der Waals surface area contributed by atoms with Crippen LogP contribution in [0.25, 0.3) is 0 Å². The maximum absolute atomic E-state index is 11.5. The van der Waals surface area contributed by atoms with E-state index < -0.39 is 18.1 Å². The summed E-state index contributed by atoms with van der Waals surface area (Å²) in [5, 5.41) is 12.8. The fourth-order valence-electron chi connectivity index (χ4n) is 1.61. The minimum Gasteiger partial charge on any atom is -0.468 e. The van der Waals surface area contributed by atoms with E-state index in [2.05, 4.69) is 10.1 Å². The summed E-state index contributed by atoms with van der Waals surface area (Å²) in [6, 6.07) is 5.95. The van der Waals surface area contributed by atoms with Crippen LogP contribution >= 0.6 is 0 Å². The van der Waals surface area contributed by atoms with Crippen molar-refractivity contribution in [2.75, 3.05) is 28.1 Å². The van der Waals surface area contributed by atoms with Crippen LogP contribution in [0.2, 0.25) is 0 Å². The van der Waals surface area contributed by atoms with Gasteiger partial charge in [-0.15, -0.1) is 0 Å². The van der Waals surface area contributed by atoms with E-state index in [0.29, 0.717) is 11.3 Å². The molecule has 0 aromatic heterocycles. The monoisotopic (exact) mass is 269 g/mol. The molecule has 106 valence electrons. The fraction of sp³-hybridized carbons (Fsp3) is 0.462. The van der Waals surface area contributed by atoms with Crippen LogP contribution in [0.4, 0.5) is 0 Å². The van der Waals surface area contributed by atoms with Crippen molar-refractivity contribution >= 4 is 5.97 Å². The van der Waals surface area contributed by atoms with Gasteiger partial charge in [-0.3, -0.25) is 4.79 Å². The predicted molar refractivity (Wildman–Crippen MR) is 68.8 cm³/mol. The first-order valence-corrected chi connectivity index (χ1v) is 5.79. The Bertz CT molecular complexity index is 393. The van der Waals surface area contributed by atoms with E-state index in [4.69, 9.17) is 9.47 Å². The van der Waals surface area contributed by atoms with Crippen molar-refractivity contribution in [2.45, 2.75) is 12.1 Å². The number of likely N-dealkylation sites (N-methyl/N-ethyl adjacent to an activating group) is 1. The summed E-state index contributed by atoms with van der Waals surface area (Å²) in [5.41, 5.74) is 0.592. The van der Waals surface area contributed by atoms with Crippen LogP contribution in [0.1, 0.15) is 11.7 Å². The number of carbonyl (C=O) groups is 1. The predicted octanol–water partition coefficient (Wildman–Crippen LogP) is 0.464. The van der Waals surface area contributed by atoms with Gasteiger partial charge in [0.1, 0.15) is 17.9 Å². The number of rotatable bonds is 7. The van der Waals surface area contributed by atoms with Gasteiger partial charge >= 0.3 is 5.97 Å². The Morgan fingerprint density at radius 3 is 2.42 bits per heavy atom. The summed E-state index contributed by atoms with van der Waals surface area (Å²) < 4.78 is 14.6.